The predicted octanol–water partition coefficient (Wildman–Crippen LogP) is 3.43. The van der Waals surface area contributed by atoms with Crippen LogP contribution >= 0.6 is 11.6 Å². The summed E-state index contributed by atoms with van der Waals surface area (Å²) in [6, 6.07) is 4.87. The molecule has 124 valence electrons. The molecule has 1 aliphatic heterocycles. The summed E-state index contributed by atoms with van der Waals surface area (Å²) in [4.78, 5) is 4.34. The maximum absolute atomic E-state index is 14.1. The summed E-state index contributed by atoms with van der Waals surface area (Å²) in [5, 5.41) is 7.34. The third-order valence-electron chi connectivity index (χ3n) is 4.09. The minimum absolute atomic E-state index is 0.126. The lowest BCUT2D eigenvalue weighted by molar-refractivity contribution is 0.0485. The van der Waals surface area contributed by atoms with Crippen molar-refractivity contribution in [3.05, 3.63) is 46.3 Å². The number of aromatic nitrogens is 2. The highest BCUT2D eigenvalue weighted by molar-refractivity contribution is 6.30. The third kappa shape index (κ3) is 3.88. The average molecular weight is 340 g/mol. The van der Waals surface area contributed by atoms with Crippen LogP contribution in [0.5, 0.6) is 0 Å². The van der Waals surface area contributed by atoms with Crippen LogP contribution in [0, 0.1) is 18.7 Å². The van der Waals surface area contributed by atoms with E-state index in [1.165, 1.54) is 6.07 Å². The van der Waals surface area contributed by atoms with Crippen LogP contribution < -0.4 is 5.32 Å². The maximum atomic E-state index is 14.1. The molecule has 1 saturated heterocycles. The second kappa shape index (κ2) is 7.38. The normalized spacial score (nSPS) is 17.3. The van der Waals surface area contributed by atoms with Gasteiger partial charge in [-0.05, 0) is 31.7 Å². The van der Waals surface area contributed by atoms with Crippen LogP contribution in [-0.2, 0) is 11.3 Å². The molecule has 0 amide bonds. The fraction of sp³-hybridized carbons (Fsp3) is 0.500. The van der Waals surface area contributed by atoms with Gasteiger partial charge in [-0.2, -0.15) is 4.98 Å². The SMILES string of the molecule is Cc1noc(C(NCc2cccc(Cl)c2F)C2CCOCC2)n1. The van der Waals surface area contributed by atoms with Crippen molar-refractivity contribution in [1.82, 2.24) is 15.5 Å². The highest BCUT2D eigenvalue weighted by Crippen LogP contribution is 2.30. The van der Waals surface area contributed by atoms with Crippen LogP contribution in [0.25, 0.3) is 0 Å². The number of nitrogens with one attached hydrogen (secondary N) is 1. The van der Waals surface area contributed by atoms with Crippen LogP contribution in [0.4, 0.5) is 4.39 Å². The van der Waals surface area contributed by atoms with Gasteiger partial charge in [0.15, 0.2) is 5.82 Å². The van der Waals surface area contributed by atoms with Crippen LogP contribution in [0.1, 0.15) is 36.2 Å². The van der Waals surface area contributed by atoms with Gasteiger partial charge in [0.25, 0.3) is 0 Å². The minimum atomic E-state index is -0.394. The quantitative estimate of drug-likeness (QED) is 0.904. The molecule has 1 N–H and O–H groups in total. The zero-order valence-electron chi connectivity index (χ0n) is 12.9. The summed E-state index contributed by atoms with van der Waals surface area (Å²) < 4.78 is 24.8. The number of ether oxygens (including phenoxy) is 1. The number of nitrogens with zero attached hydrogens (tertiary/aromatic N) is 2. The highest BCUT2D eigenvalue weighted by Gasteiger charge is 2.29. The van der Waals surface area contributed by atoms with Crippen LogP contribution in [0.15, 0.2) is 22.7 Å². The lowest BCUT2D eigenvalue weighted by Crippen LogP contribution is -2.32. The fourth-order valence-electron chi connectivity index (χ4n) is 2.85. The Morgan fingerprint density at radius 3 is 2.87 bits per heavy atom. The van der Waals surface area contributed by atoms with Crippen LogP contribution in [0.2, 0.25) is 5.02 Å². The standard InChI is InChI=1S/C16H19ClFN3O2/c1-10-20-16(23-21-10)15(11-5-7-22-8-6-11)19-9-12-3-2-4-13(17)14(12)18/h2-4,11,15,19H,5-9H2,1H3. The van der Waals surface area contributed by atoms with Crippen molar-refractivity contribution in [3.63, 3.8) is 0 Å². The van der Waals surface area contributed by atoms with Gasteiger partial charge >= 0.3 is 0 Å². The number of benzene rings is 1. The number of hydrogen-bond donors (Lipinski definition) is 1. The summed E-state index contributed by atoms with van der Waals surface area (Å²) in [5.41, 5.74) is 0.519. The largest absolute Gasteiger partial charge is 0.381 e. The molecule has 1 aromatic carbocycles. The summed E-state index contributed by atoms with van der Waals surface area (Å²) in [5.74, 6) is 1.05. The molecule has 5 nitrogen and oxygen atoms in total. The van der Waals surface area contributed by atoms with E-state index in [9.17, 15) is 4.39 Å². The Kier molecular flexibility index (Phi) is 5.25. The molecular weight excluding hydrogens is 321 g/mol. The van der Waals surface area contributed by atoms with Gasteiger partial charge in [0.05, 0.1) is 11.1 Å². The van der Waals surface area contributed by atoms with Gasteiger partial charge in [-0.15, -0.1) is 0 Å². The second-order valence-corrected chi connectivity index (χ2v) is 6.11. The maximum Gasteiger partial charge on any atom is 0.244 e. The lowest BCUT2D eigenvalue weighted by atomic mass is 9.91. The monoisotopic (exact) mass is 339 g/mol. The topological polar surface area (TPSA) is 60.2 Å². The van der Waals surface area contributed by atoms with Gasteiger partial charge in [-0.1, -0.05) is 28.9 Å². The van der Waals surface area contributed by atoms with Crippen molar-refractivity contribution in [3.8, 4) is 0 Å². The summed E-state index contributed by atoms with van der Waals surface area (Å²) >= 11 is 5.84. The van der Waals surface area contributed by atoms with E-state index < -0.39 is 5.82 Å². The van der Waals surface area contributed by atoms with Crippen molar-refractivity contribution in [2.75, 3.05) is 13.2 Å². The molecule has 0 saturated carbocycles. The zero-order valence-corrected chi connectivity index (χ0v) is 13.6. The summed E-state index contributed by atoms with van der Waals surface area (Å²) in [7, 11) is 0. The molecule has 1 aromatic heterocycles. The number of halogens is 2. The molecule has 1 aliphatic rings. The van der Waals surface area contributed by atoms with Crippen molar-refractivity contribution in [1.29, 1.82) is 0 Å². The number of hydrogen-bond acceptors (Lipinski definition) is 5. The van der Waals surface area contributed by atoms with Crippen molar-refractivity contribution in [2.24, 2.45) is 5.92 Å². The molecule has 0 bridgehead atoms. The molecule has 0 aliphatic carbocycles. The van der Waals surface area contributed by atoms with Crippen molar-refractivity contribution < 1.29 is 13.7 Å². The van der Waals surface area contributed by atoms with E-state index in [4.69, 9.17) is 20.9 Å². The fourth-order valence-corrected chi connectivity index (χ4v) is 3.04. The van der Waals surface area contributed by atoms with Gasteiger partial charge in [0, 0.05) is 25.3 Å². The molecule has 23 heavy (non-hydrogen) atoms. The molecule has 0 radical (unpaired) electrons. The Balaban J connectivity index is 1.76. The highest BCUT2D eigenvalue weighted by atomic mass is 35.5. The molecule has 3 rings (SSSR count). The van der Waals surface area contributed by atoms with E-state index in [1.54, 1.807) is 19.1 Å². The van der Waals surface area contributed by atoms with E-state index in [1.807, 2.05) is 0 Å². The Bertz CT molecular complexity index is 659. The molecule has 1 fully saturated rings. The van der Waals surface area contributed by atoms with Gasteiger partial charge in [0.1, 0.15) is 5.82 Å². The molecule has 2 heterocycles. The zero-order chi connectivity index (χ0) is 16.2. The minimum Gasteiger partial charge on any atom is -0.381 e. The lowest BCUT2D eigenvalue weighted by Gasteiger charge is -2.28. The molecule has 0 spiro atoms. The first-order valence-corrected chi connectivity index (χ1v) is 8.07. The van der Waals surface area contributed by atoms with Gasteiger partial charge in [-0.25, -0.2) is 4.39 Å². The van der Waals surface area contributed by atoms with E-state index in [0.29, 0.717) is 43.0 Å². The Hall–Kier alpha value is -1.50. The third-order valence-corrected chi connectivity index (χ3v) is 4.38. The molecule has 1 atom stereocenters. The van der Waals surface area contributed by atoms with Gasteiger partial charge in [0.2, 0.25) is 5.89 Å². The first-order valence-electron chi connectivity index (χ1n) is 7.69. The predicted molar refractivity (Wildman–Crippen MR) is 83.6 cm³/mol. The molecule has 1 unspecified atom stereocenters. The van der Waals surface area contributed by atoms with E-state index in [2.05, 4.69) is 15.5 Å². The smallest absolute Gasteiger partial charge is 0.244 e. The summed E-state index contributed by atoms with van der Waals surface area (Å²) in [6.07, 6.45) is 1.80. The Labute approximate surface area is 139 Å². The Morgan fingerprint density at radius 2 is 2.17 bits per heavy atom. The number of aryl methyl sites for hydroxylation is 1. The average Bonchev–Trinajstić information content (AvgIpc) is 2.99. The van der Waals surface area contributed by atoms with Gasteiger partial charge < -0.3 is 14.6 Å². The first-order chi connectivity index (χ1) is 11.1. The van der Waals surface area contributed by atoms with Crippen LogP contribution in [0.3, 0.4) is 0 Å². The molecule has 2 aromatic rings. The number of rotatable bonds is 5. The van der Waals surface area contributed by atoms with E-state index in [-0.39, 0.29) is 11.1 Å². The van der Waals surface area contributed by atoms with E-state index in [0.717, 1.165) is 12.8 Å². The van der Waals surface area contributed by atoms with Gasteiger partial charge in [-0.3, -0.25) is 0 Å². The van der Waals surface area contributed by atoms with Crippen molar-refractivity contribution in [2.45, 2.75) is 32.4 Å². The second-order valence-electron chi connectivity index (χ2n) is 5.70. The Morgan fingerprint density at radius 1 is 1.39 bits per heavy atom. The molecule has 7 heteroatoms. The van der Waals surface area contributed by atoms with E-state index >= 15 is 0 Å². The molecular formula is C16H19ClFN3O2. The van der Waals surface area contributed by atoms with Crippen LogP contribution in [-0.4, -0.2) is 23.4 Å². The first kappa shape index (κ1) is 16.4. The summed E-state index contributed by atoms with van der Waals surface area (Å²) in [6.45, 7) is 3.55. The van der Waals surface area contributed by atoms with Crippen molar-refractivity contribution >= 4 is 11.6 Å².